The van der Waals surface area contributed by atoms with E-state index in [-0.39, 0.29) is 23.8 Å². The molecular formula is C39H61N5O3S. The molecule has 0 saturated carbocycles. The molecule has 9 heteroatoms. The van der Waals surface area contributed by atoms with E-state index >= 15 is 0 Å². The van der Waals surface area contributed by atoms with Crippen LogP contribution in [0, 0.1) is 12.3 Å². The van der Waals surface area contributed by atoms with Gasteiger partial charge in [0.05, 0.1) is 22.1 Å². The van der Waals surface area contributed by atoms with E-state index in [1.807, 2.05) is 52.3 Å². The molecule has 1 unspecified atom stereocenters. The monoisotopic (exact) mass is 679 g/mol. The van der Waals surface area contributed by atoms with E-state index in [0.29, 0.717) is 19.4 Å². The molecule has 0 spiro atoms. The molecule has 4 rings (SSSR count). The average Bonchev–Trinajstić information content (AvgIpc) is 3.84. The molecule has 2 aliphatic rings. The lowest BCUT2D eigenvalue weighted by Crippen LogP contribution is -2.57. The molecule has 3 amide bonds. The third-order valence-corrected chi connectivity index (χ3v) is 11.1. The molecule has 0 aliphatic carbocycles. The van der Waals surface area contributed by atoms with Crippen LogP contribution in [0.5, 0.6) is 0 Å². The van der Waals surface area contributed by atoms with Crippen LogP contribution in [0.15, 0.2) is 29.8 Å². The van der Waals surface area contributed by atoms with Gasteiger partial charge in [-0.25, -0.2) is 4.98 Å². The minimum absolute atomic E-state index is 0.0768. The maximum absolute atomic E-state index is 13.9. The Labute approximate surface area is 293 Å². The lowest BCUT2D eigenvalue weighted by molar-refractivity contribution is -0.144. The number of hydrogen-bond acceptors (Lipinski definition) is 6. The second-order valence-corrected chi connectivity index (χ2v) is 16.0. The van der Waals surface area contributed by atoms with Crippen LogP contribution < -0.4 is 10.6 Å². The summed E-state index contributed by atoms with van der Waals surface area (Å²) in [5.74, 6) is -0.380. The van der Waals surface area contributed by atoms with Gasteiger partial charge in [0.15, 0.2) is 0 Å². The van der Waals surface area contributed by atoms with E-state index < -0.39 is 17.5 Å². The fourth-order valence-corrected chi connectivity index (χ4v) is 7.92. The number of carbonyl (C=O) groups is 3. The van der Waals surface area contributed by atoms with E-state index in [4.69, 9.17) is 0 Å². The highest BCUT2D eigenvalue weighted by Crippen LogP contribution is 2.29. The third kappa shape index (κ3) is 11.4. The summed E-state index contributed by atoms with van der Waals surface area (Å²) in [5.41, 5.74) is 4.51. The van der Waals surface area contributed by atoms with Crippen molar-refractivity contribution < 1.29 is 14.4 Å². The van der Waals surface area contributed by atoms with E-state index in [0.717, 1.165) is 47.4 Å². The molecule has 48 heavy (non-hydrogen) atoms. The first kappa shape index (κ1) is 38.0. The van der Waals surface area contributed by atoms with E-state index in [9.17, 15) is 14.4 Å². The highest BCUT2D eigenvalue weighted by Gasteiger charge is 2.42. The molecule has 2 aliphatic heterocycles. The van der Waals surface area contributed by atoms with Crippen molar-refractivity contribution in [1.82, 2.24) is 25.4 Å². The van der Waals surface area contributed by atoms with Gasteiger partial charge in [0.1, 0.15) is 12.1 Å². The number of nitrogens with zero attached hydrogens (tertiary/aromatic N) is 3. The molecule has 266 valence electrons. The predicted molar refractivity (Wildman–Crippen MR) is 197 cm³/mol. The van der Waals surface area contributed by atoms with Crippen LogP contribution >= 0.6 is 11.3 Å². The summed E-state index contributed by atoms with van der Waals surface area (Å²) in [4.78, 5) is 50.2. The predicted octanol–water partition coefficient (Wildman–Crippen LogP) is 7.81. The number of aryl methyl sites for hydroxylation is 1. The second-order valence-electron chi connectivity index (χ2n) is 15.2. The Bertz CT molecular complexity index is 1300. The number of rotatable bonds is 18. The third-order valence-electron chi connectivity index (χ3n) is 10.1. The highest BCUT2D eigenvalue weighted by molar-refractivity contribution is 7.13. The number of aromatic nitrogens is 1. The van der Waals surface area contributed by atoms with Crippen LogP contribution in [-0.2, 0) is 14.4 Å². The zero-order valence-corrected chi connectivity index (χ0v) is 31.1. The van der Waals surface area contributed by atoms with Crippen molar-refractivity contribution in [2.75, 3.05) is 26.2 Å². The van der Waals surface area contributed by atoms with E-state index in [2.05, 4.69) is 32.7 Å². The first-order valence-electron chi connectivity index (χ1n) is 18.7. The van der Waals surface area contributed by atoms with Crippen molar-refractivity contribution in [1.29, 1.82) is 0 Å². The van der Waals surface area contributed by atoms with Crippen molar-refractivity contribution in [3.63, 3.8) is 0 Å². The molecule has 1 aromatic heterocycles. The van der Waals surface area contributed by atoms with Crippen LogP contribution in [0.1, 0.15) is 135 Å². The molecule has 3 atom stereocenters. The van der Waals surface area contributed by atoms with Crippen molar-refractivity contribution in [2.45, 2.75) is 143 Å². The summed E-state index contributed by atoms with van der Waals surface area (Å²) in [6, 6.07) is 6.81. The molecular weight excluding hydrogens is 619 g/mol. The van der Waals surface area contributed by atoms with Crippen molar-refractivity contribution in [3.05, 3.63) is 41.0 Å². The number of likely N-dealkylation sites (tertiary alicyclic amines) is 2. The number of hydrogen-bond donors (Lipinski definition) is 2. The summed E-state index contributed by atoms with van der Waals surface area (Å²) < 4.78 is 0. The van der Waals surface area contributed by atoms with Crippen LogP contribution in [0.25, 0.3) is 10.4 Å². The maximum atomic E-state index is 13.9. The Morgan fingerprint density at radius 2 is 1.50 bits per heavy atom. The number of benzene rings is 1. The number of thiazole rings is 1. The van der Waals surface area contributed by atoms with Crippen LogP contribution in [-0.4, -0.2) is 70.8 Å². The fourth-order valence-electron chi connectivity index (χ4n) is 7.11. The van der Waals surface area contributed by atoms with Gasteiger partial charge in [0.25, 0.3) is 0 Å². The van der Waals surface area contributed by atoms with Crippen molar-refractivity contribution in [2.24, 2.45) is 5.41 Å². The molecule has 0 bridgehead atoms. The smallest absolute Gasteiger partial charge is 0.246 e. The zero-order chi connectivity index (χ0) is 34.5. The minimum atomic E-state index is -0.677. The molecule has 0 radical (unpaired) electrons. The molecule has 2 N–H and O–H groups in total. The summed E-state index contributed by atoms with van der Waals surface area (Å²) in [5, 5.41) is 6.21. The van der Waals surface area contributed by atoms with Crippen molar-refractivity contribution >= 4 is 29.1 Å². The lowest BCUT2D eigenvalue weighted by atomic mass is 9.85. The zero-order valence-electron chi connectivity index (χ0n) is 30.3. The van der Waals surface area contributed by atoms with Gasteiger partial charge in [-0.05, 0) is 88.5 Å². The van der Waals surface area contributed by atoms with E-state index in [1.165, 1.54) is 71.0 Å². The van der Waals surface area contributed by atoms with Gasteiger partial charge < -0.3 is 20.4 Å². The Kier molecular flexibility index (Phi) is 14.9. The topological polar surface area (TPSA) is 94.6 Å². The van der Waals surface area contributed by atoms with Crippen LogP contribution in [0.3, 0.4) is 0 Å². The highest BCUT2D eigenvalue weighted by atomic mass is 32.1. The van der Waals surface area contributed by atoms with E-state index in [1.54, 1.807) is 16.2 Å². The Hall–Kier alpha value is -2.78. The summed E-state index contributed by atoms with van der Waals surface area (Å²) in [6.45, 7) is 14.3. The van der Waals surface area contributed by atoms with Gasteiger partial charge in [0.2, 0.25) is 17.7 Å². The van der Waals surface area contributed by atoms with Gasteiger partial charge in [-0.2, -0.15) is 0 Å². The standard InChI is InChI=1S/C39H61N5O3S/c1-29(31-20-22-32(23-21-31)35-30(2)40-28-48-35)41-37(46)33-18-17-27-44(33)38(47)36(39(3,4)5)42-34(45)19-13-11-9-7-6-8-10-12-14-24-43-25-15-16-26-43/h20-23,28-29,33,36H,6-19,24-27H2,1-5H3,(H,41,46)(H,42,45)/t29-,33-,36?/m0/s1. The first-order valence-corrected chi connectivity index (χ1v) is 19.6. The Morgan fingerprint density at radius 3 is 2.10 bits per heavy atom. The van der Waals surface area contributed by atoms with Crippen LogP contribution in [0.2, 0.25) is 0 Å². The largest absolute Gasteiger partial charge is 0.348 e. The quantitative estimate of drug-likeness (QED) is 0.157. The molecule has 3 heterocycles. The van der Waals surface area contributed by atoms with Gasteiger partial charge in [-0.3, -0.25) is 14.4 Å². The molecule has 8 nitrogen and oxygen atoms in total. The Morgan fingerprint density at radius 1 is 0.875 bits per heavy atom. The van der Waals surface area contributed by atoms with Gasteiger partial charge in [-0.15, -0.1) is 11.3 Å². The minimum Gasteiger partial charge on any atom is -0.348 e. The molecule has 2 fully saturated rings. The molecule has 2 aromatic rings. The number of amides is 3. The summed E-state index contributed by atoms with van der Waals surface area (Å²) >= 11 is 1.62. The average molecular weight is 680 g/mol. The first-order chi connectivity index (χ1) is 23.0. The lowest BCUT2D eigenvalue weighted by Gasteiger charge is -2.35. The summed E-state index contributed by atoms with van der Waals surface area (Å²) in [7, 11) is 0. The SMILES string of the molecule is Cc1ncsc1-c1ccc([C@H](C)NC(=O)[C@@H]2CCCN2C(=O)C(NC(=O)CCCCCCCCCCCN2CCCC2)C(C)(C)C)cc1. The molecule has 2 saturated heterocycles. The number of carbonyl (C=O) groups excluding carboxylic acids is 3. The van der Waals surface area contributed by atoms with Crippen LogP contribution in [0.4, 0.5) is 0 Å². The summed E-state index contributed by atoms with van der Waals surface area (Å²) in [6.07, 6.45) is 15.4. The molecule has 1 aromatic carbocycles. The fraction of sp³-hybridized carbons (Fsp3) is 0.692. The maximum Gasteiger partial charge on any atom is 0.246 e. The Balaban J connectivity index is 1.17. The van der Waals surface area contributed by atoms with Gasteiger partial charge >= 0.3 is 0 Å². The van der Waals surface area contributed by atoms with Crippen molar-refractivity contribution in [3.8, 4) is 10.4 Å². The normalized spacial score (nSPS) is 18.2. The van der Waals surface area contributed by atoms with Gasteiger partial charge in [0, 0.05) is 13.0 Å². The second kappa shape index (κ2) is 18.8. The van der Waals surface area contributed by atoms with Gasteiger partial charge in [-0.1, -0.05) is 90.0 Å². The number of nitrogens with one attached hydrogen (secondary N) is 2. The number of unbranched alkanes of at least 4 members (excludes halogenated alkanes) is 8.